The second-order valence-corrected chi connectivity index (χ2v) is 7.61. The quantitative estimate of drug-likeness (QED) is 0.846. The van der Waals surface area contributed by atoms with Crippen molar-refractivity contribution in [1.82, 2.24) is 4.98 Å². The fourth-order valence-corrected chi connectivity index (χ4v) is 3.31. The molecule has 2 heterocycles. The topological polar surface area (TPSA) is 42.1 Å². The van der Waals surface area contributed by atoms with Crippen LogP contribution in [0.15, 0.2) is 12.1 Å². The van der Waals surface area contributed by atoms with Gasteiger partial charge in [0, 0.05) is 18.8 Å². The molecule has 1 fully saturated rings. The van der Waals surface area contributed by atoms with Crippen LogP contribution in [0.1, 0.15) is 51.3 Å². The molecule has 1 atom stereocenters. The van der Waals surface area contributed by atoms with E-state index in [1.165, 1.54) is 19.3 Å². The number of rotatable bonds is 2. The van der Waals surface area contributed by atoms with Crippen LogP contribution in [0.25, 0.3) is 0 Å². The van der Waals surface area contributed by atoms with Gasteiger partial charge in [-0.1, -0.05) is 33.0 Å². The van der Waals surface area contributed by atoms with E-state index in [2.05, 4.69) is 25.7 Å². The zero-order chi connectivity index (χ0) is 15.6. The Balaban J connectivity index is 2.23. The monoisotopic (exact) mass is 305 g/mol. The Morgan fingerprint density at radius 1 is 1.29 bits per heavy atom. The molecule has 1 aromatic rings. The molecule has 1 aliphatic heterocycles. The van der Waals surface area contributed by atoms with Crippen LogP contribution in [-0.2, 0) is 0 Å². The summed E-state index contributed by atoms with van der Waals surface area (Å²) in [5.74, 6) is 1.73. The number of anilines is 1. The van der Waals surface area contributed by atoms with E-state index in [0.717, 1.165) is 36.1 Å². The van der Waals surface area contributed by atoms with Gasteiger partial charge in [0.05, 0.1) is 5.56 Å². The average molecular weight is 305 g/mol. The highest BCUT2D eigenvalue weighted by Gasteiger charge is 2.28. The molecule has 0 radical (unpaired) electrons. The molecule has 2 N–H and O–H groups in total. The Labute approximate surface area is 133 Å². The molecule has 3 nitrogen and oxygen atoms in total. The molecule has 0 spiro atoms. The summed E-state index contributed by atoms with van der Waals surface area (Å²) in [4.78, 5) is 7.51. The number of nitrogens with two attached hydrogens (primary N) is 1. The molecule has 0 aromatic carbocycles. The van der Waals surface area contributed by atoms with Crippen molar-refractivity contribution in [2.24, 2.45) is 17.1 Å². The number of aromatic nitrogens is 1. The third-order valence-electron chi connectivity index (χ3n) is 4.53. The van der Waals surface area contributed by atoms with Crippen LogP contribution < -0.4 is 10.6 Å². The summed E-state index contributed by atoms with van der Waals surface area (Å²) in [5, 5.41) is 0. The van der Waals surface area contributed by atoms with E-state index in [1.54, 1.807) is 0 Å². The predicted molar refractivity (Wildman–Crippen MR) is 93.9 cm³/mol. The molecule has 0 bridgehead atoms. The average Bonchev–Trinajstić information content (AvgIpc) is 2.63. The maximum absolute atomic E-state index is 5.87. The van der Waals surface area contributed by atoms with Crippen LogP contribution in [0.2, 0.25) is 0 Å². The maximum atomic E-state index is 5.87. The summed E-state index contributed by atoms with van der Waals surface area (Å²) < 4.78 is 0. The summed E-state index contributed by atoms with van der Waals surface area (Å²) in [6.07, 6.45) is 3.69. The third-order valence-corrected chi connectivity index (χ3v) is 4.75. The molecule has 116 valence electrons. The summed E-state index contributed by atoms with van der Waals surface area (Å²) in [7, 11) is 0. The fraction of sp³-hybridized carbons (Fsp3) is 0.647. The molecule has 0 amide bonds. The van der Waals surface area contributed by atoms with Gasteiger partial charge in [-0.3, -0.25) is 0 Å². The van der Waals surface area contributed by atoms with Gasteiger partial charge in [-0.25, -0.2) is 4.98 Å². The van der Waals surface area contributed by atoms with Crippen molar-refractivity contribution in [3.8, 4) is 0 Å². The van der Waals surface area contributed by atoms with E-state index < -0.39 is 0 Å². The van der Waals surface area contributed by atoms with Crippen LogP contribution in [0.5, 0.6) is 0 Å². The van der Waals surface area contributed by atoms with Crippen molar-refractivity contribution in [2.75, 3.05) is 18.0 Å². The Kier molecular flexibility index (Phi) is 4.87. The van der Waals surface area contributed by atoms with E-state index in [9.17, 15) is 0 Å². The lowest BCUT2D eigenvalue weighted by molar-refractivity contribution is 0.220. The van der Waals surface area contributed by atoms with Gasteiger partial charge in [-0.15, -0.1) is 0 Å². The van der Waals surface area contributed by atoms with Gasteiger partial charge in [0.1, 0.15) is 10.8 Å². The predicted octanol–water partition coefficient (Wildman–Crippen LogP) is 3.68. The molecule has 1 aliphatic rings. The van der Waals surface area contributed by atoms with Gasteiger partial charge in [0.25, 0.3) is 0 Å². The van der Waals surface area contributed by atoms with E-state index >= 15 is 0 Å². The lowest BCUT2D eigenvalue weighted by atomic mass is 9.77. The first-order chi connectivity index (χ1) is 9.79. The van der Waals surface area contributed by atoms with Crippen LogP contribution in [0.4, 0.5) is 5.82 Å². The number of pyridine rings is 1. The molecule has 1 saturated heterocycles. The summed E-state index contributed by atoms with van der Waals surface area (Å²) in [6, 6.07) is 3.99. The van der Waals surface area contributed by atoms with Crippen LogP contribution in [0, 0.1) is 18.3 Å². The zero-order valence-electron chi connectivity index (χ0n) is 13.6. The number of nitrogens with zero attached hydrogens (tertiary/aromatic N) is 2. The first kappa shape index (κ1) is 16.2. The van der Waals surface area contributed by atoms with E-state index in [0.29, 0.717) is 10.4 Å². The minimum atomic E-state index is 0.377. The lowest BCUT2D eigenvalue weighted by Gasteiger charge is -2.30. The third kappa shape index (κ3) is 3.94. The van der Waals surface area contributed by atoms with Gasteiger partial charge in [-0.05, 0) is 49.7 Å². The van der Waals surface area contributed by atoms with Gasteiger partial charge in [0.15, 0.2) is 0 Å². The molecule has 4 heteroatoms. The minimum Gasteiger partial charge on any atom is -0.389 e. The van der Waals surface area contributed by atoms with Crippen LogP contribution >= 0.6 is 12.2 Å². The number of hydrogen-bond acceptors (Lipinski definition) is 3. The Hall–Kier alpha value is -1.16. The minimum absolute atomic E-state index is 0.377. The molecule has 1 unspecified atom stereocenters. The number of thiocarbonyl (C=S) groups is 1. The van der Waals surface area contributed by atoms with Crippen molar-refractivity contribution in [1.29, 1.82) is 0 Å². The molecular weight excluding hydrogens is 278 g/mol. The number of aryl methyl sites for hydroxylation is 1. The summed E-state index contributed by atoms with van der Waals surface area (Å²) in [5.41, 5.74) is 8.17. The first-order valence-electron chi connectivity index (χ1n) is 7.81. The second-order valence-electron chi connectivity index (χ2n) is 7.17. The smallest absolute Gasteiger partial charge is 0.139 e. The molecule has 0 saturated carbocycles. The Morgan fingerprint density at radius 3 is 2.62 bits per heavy atom. The van der Waals surface area contributed by atoms with E-state index in [-0.39, 0.29) is 0 Å². The summed E-state index contributed by atoms with van der Waals surface area (Å²) >= 11 is 5.19. The summed E-state index contributed by atoms with van der Waals surface area (Å²) in [6.45, 7) is 11.1. The molecular formula is C17H27N3S. The van der Waals surface area contributed by atoms with Crippen molar-refractivity contribution in [2.45, 2.75) is 47.0 Å². The van der Waals surface area contributed by atoms with Crippen molar-refractivity contribution in [3.05, 3.63) is 23.4 Å². The van der Waals surface area contributed by atoms with Gasteiger partial charge < -0.3 is 10.6 Å². The molecule has 0 aliphatic carbocycles. The first-order valence-corrected chi connectivity index (χ1v) is 8.22. The van der Waals surface area contributed by atoms with E-state index in [1.807, 2.05) is 19.1 Å². The Morgan fingerprint density at radius 2 is 2.00 bits per heavy atom. The second kappa shape index (κ2) is 6.30. The highest BCUT2D eigenvalue weighted by atomic mass is 32.1. The van der Waals surface area contributed by atoms with Crippen molar-refractivity contribution >= 4 is 23.0 Å². The SMILES string of the molecule is Cc1ccc(C(N)=S)c(N2CCCC(C(C)(C)C)CC2)n1. The molecule has 2 rings (SSSR count). The van der Waals surface area contributed by atoms with Crippen LogP contribution in [-0.4, -0.2) is 23.1 Å². The van der Waals surface area contributed by atoms with Gasteiger partial charge in [0.2, 0.25) is 0 Å². The molecule has 1 aromatic heterocycles. The number of hydrogen-bond donors (Lipinski definition) is 1. The van der Waals surface area contributed by atoms with Crippen LogP contribution in [0.3, 0.4) is 0 Å². The van der Waals surface area contributed by atoms with Gasteiger partial charge >= 0.3 is 0 Å². The van der Waals surface area contributed by atoms with Crippen molar-refractivity contribution < 1.29 is 0 Å². The van der Waals surface area contributed by atoms with Crippen molar-refractivity contribution in [3.63, 3.8) is 0 Å². The normalized spacial score (nSPS) is 20.2. The zero-order valence-corrected chi connectivity index (χ0v) is 14.5. The largest absolute Gasteiger partial charge is 0.389 e. The molecule has 21 heavy (non-hydrogen) atoms. The van der Waals surface area contributed by atoms with E-state index in [4.69, 9.17) is 22.9 Å². The highest BCUT2D eigenvalue weighted by molar-refractivity contribution is 7.80. The highest BCUT2D eigenvalue weighted by Crippen LogP contribution is 2.35. The Bertz CT molecular complexity index is 519. The lowest BCUT2D eigenvalue weighted by Crippen LogP contribution is -2.29. The fourth-order valence-electron chi connectivity index (χ4n) is 3.15. The maximum Gasteiger partial charge on any atom is 0.139 e. The standard InChI is InChI=1S/C17H27N3S/c1-12-7-8-14(15(18)21)16(19-12)20-10-5-6-13(9-11-20)17(2,3)4/h7-8,13H,5-6,9-11H2,1-4H3,(H2,18,21). The van der Waals surface area contributed by atoms with Gasteiger partial charge in [-0.2, -0.15) is 0 Å².